The number of carbonyl (C=O) groups excluding carboxylic acids is 1. The van der Waals surface area contributed by atoms with Crippen molar-refractivity contribution < 1.29 is 9.53 Å². The molecule has 0 saturated heterocycles. The predicted molar refractivity (Wildman–Crippen MR) is 78.1 cm³/mol. The Hall–Kier alpha value is -1.35. The highest BCUT2D eigenvalue weighted by Gasteiger charge is 2.24. The monoisotopic (exact) mass is 263 g/mol. The van der Waals surface area contributed by atoms with E-state index in [-0.39, 0.29) is 12.0 Å². The fourth-order valence-electron chi connectivity index (χ4n) is 1.78. The molecule has 1 atom stereocenters. The number of hydrogen-bond acceptors (Lipinski definition) is 3. The van der Waals surface area contributed by atoms with Crippen LogP contribution in [-0.2, 0) is 16.0 Å². The topological polar surface area (TPSA) is 38.3 Å². The SMILES string of the molecule is CCCN[C@@H](Cc1ccccc1)C(=O)OC(C)(C)C. The number of hydrogen-bond donors (Lipinski definition) is 1. The summed E-state index contributed by atoms with van der Waals surface area (Å²) in [6, 6.07) is 9.74. The molecule has 0 aliphatic heterocycles. The van der Waals surface area contributed by atoms with Gasteiger partial charge in [-0.1, -0.05) is 37.3 Å². The van der Waals surface area contributed by atoms with E-state index in [1.54, 1.807) is 0 Å². The van der Waals surface area contributed by atoms with Crippen LogP contribution in [0.4, 0.5) is 0 Å². The maximum Gasteiger partial charge on any atom is 0.323 e. The van der Waals surface area contributed by atoms with Crippen LogP contribution in [0.15, 0.2) is 30.3 Å². The van der Waals surface area contributed by atoms with Gasteiger partial charge < -0.3 is 10.1 Å². The van der Waals surface area contributed by atoms with Gasteiger partial charge in [-0.3, -0.25) is 4.79 Å². The van der Waals surface area contributed by atoms with Crippen LogP contribution in [0, 0.1) is 0 Å². The van der Waals surface area contributed by atoms with Gasteiger partial charge in [0.1, 0.15) is 11.6 Å². The minimum atomic E-state index is -0.445. The summed E-state index contributed by atoms with van der Waals surface area (Å²) in [5, 5.41) is 3.27. The van der Waals surface area contributed by atoms with Crippen LogP contribution >= 0.6 is 0 Å². The average molecular weight is 263 g/mol. The molecule has 19 heavy (non-hydrogen) atoms. The molecule has 0 fully saturated rings. The highest BCUT2D eigenvalue weighted by Crippen LogP contribution is 2.11. The first-order chi connectivity index (χ1) is 8.92. The van der Waals surface area contributed by atoms with Crippen LogP contribution in [0.3, 0.4) is 0 Å². The van der Waals surface area contributed by atoms with Crippen molar-refractivity contribution in [2.75, 3.05) is 6.54 Å². The molecule has 0 bridgehead atoms. The van der Waals surface area contributed by atoms with E-state index >= 15 is 0 Å². The van der Waals surface area contributed by atoms with Gasteiger partial charge in [-0.05, 0) is 45.7 Å². The molecule has 3 nitrogen and oxygen atoms in total. The molecule has 1 aromatic carbocycles. The van der Waals surface area contributed by atoms with Crippen LogP contribution in [-0.4, -0.2) is 24.2 Å². The maximum absolute atomic E-state index is 12.2. The molecule has 0 saturated carbocycles. The predicted octanol–water partition coefficient (Wildman–Crippen LogP) is 2.94. The Morgan fingerprint density at radius 3 is 2.42 bits per heavy atom. The first-order valence-electron chi connectivity index (χ1n) is 6.92. The molecule has 106 valence electrons. The normalized spacial score (nSPS) is 13.1. The molecule has 0 radical (unpaired) electrons. The summed E-state index contributed by atoms with van der Waals surface area (Å²) < 4.78 is 5.47. The number of benzene rings is 1. The third-order valence-electron chi connectivity index (χ3n) is 2.61. The average Bonchev–Trinajstić information content (AvgIpc) is 2.33. The van der Waals surface area contributed by atoms with Gasteiger partial charge in [0.05, 0.1) is 0 Å². The first-order valence-corrected chi connectivity index (χ1v) is 6.92. The van der Waals surface area contributed by atoms with E-state index in [2.05, 4.69) is 12.2 Å². The molecular weight excluding hydrogens is 238 g/mol. The minimum absolute atomic E-state index is 0.176. The third kappa shape index (κ3) is 6.39. The summed E-state index contributed by atoms with van der Waals surface area (Å²) in [6.07, 6.45) is 1.66. The third-order valence-corrected chi connectivity index (χ3v) is 2.61. The smallest absolute Gasteiger partial charge is 0.323 e. The van der Waals surface area contributed by atoms with E-state index < -0.39 is 5.60 Å². The maximum atomic E-state index is 12.2. The second kappa shape index (κ2) is 7.29. The summed E-state index contributed by atoms with van der Waals surface area (Å²) in [5.41, 5.74) is 0.696. The van der Waals surface area contributed by atoms with Gasteiger partial charge in [0.25, 0.3) is 0 Å². The van der Waals surface area contributed by atoms with Crippen molar-refractivity contribution in [3.05, 3.63) is 35.9 Å². The van der Waals surface area contributed by atoms with Crippen LogP contribution in [0.1, 0.15) is 39.7 Å². The van der Waals surface area contributed by atoms with Gasteiger partial charge in [0, 0.05) is 0 Å². The van der Waals surface area contributed by atoms with E-state index in [4.69, 9.17) is 4.74 Å². The molecule has 0 aliphatic rings. The number of ether oxygens (including phenoxy) is 1. The Kier molecular flexibility index (Phi) is 6.03. The Bertz CT molecular complexity index is 381. The lowest BCUT2D eigenvalue weighted by Gasteiger charge is -2.24. The highest BCUT2D eigenvalue weighted by atomic mass is 16.6. The van der Waals surface area contributed by atoms with Crippen molar-refractivity contribution in [1.82, 2.24) is 5.32 Å². The van der Waals surface area contributed by atoms with E-state index in [1.165, 1.54) is 0 Å². The molecule has 0 unspecified atom stereocenters. The van der Waals surface area contributed by atoms with E-state index in [9.17, 15) is 4.79 Å². The lowest BCUT2D eigenvalue weighted by molar-refractivity contribution is -0.157. The summed E-state index contributed by atoms with van der Waals surface area (Å²) in [5.74, 6) is -0.176. The van der Waals surface area contributed by atoms with E-state index in [0.29, 0.717) is 6.42 Å². The molecule has 0 heterocycles. The summed E-state index contributed by atoms with van der Waals surface area (Å²) in [7, 11) is 0. The van der Waals surface area contributed by atoms with Gasteiger partial charge >= 0.3 is 5.97 Å². The summed E-state index contributed by atoms with van der Waals surface area (Å²) >= 11 is 0. The second-order valence-corrected chi connectivity index (χ2v) is 5.73. The van der Waals surface area contributed by atoms with Crippen molar-refractivity contribution in [1.29, 1.82) is 0 Å². The van der Waals surface area contributed by atoms with Crippen LogP contribution in [0.25, 0.3) is 0 Å². The molecule has 1 rings (SSSR count). The number of nitrogens with one attached hydrogen (secondary N) is 1. The zero-order valence-electron chi connectivity index (χ0n) is 12.4. The summed E-state index contributed by atoms with van der Waals surface area (Å²) in [6.45, 7) is 8.58. The lowest BCUT2D eigenvalue weighted by Crippen LogP contribution is -2.43. The Labute approximate surface area is 116 Å². The van der Waals surface area contributed by atoms with Crippen LogP contribution in [0.2, 0.25) is 0 Å². The van der Waals surface area contributed by atoms with Crippen molar-refractivity contribution in [2.24, 2.45) is 0 Å². The van der Waals surface area contributed by atoms with Crippen molar-refractivity contribution in [3.8, 4) is 0 Å². The molecular formula is C16H25NO2. The second-order valence-electron chi connectivity index (χ2n) is 5.73. The Morgan fingerprint density at radius 1 is 1.26 bits per heavy atom. The highest BCUT2D eigenvalue weighted by molar-refractivity contribution is 5.76. The molecule has 0 aliphatic carbocycles. The van der Waals surface area contributed by atoms with Gasteiger partial charge in [-0.15, -0.1) is 0 Å². The largest absolute Gasteiger partial charge is 0.459 e. The van der Waals surface area contributed by atoms with Crippen molar-refractivity contribution in [2.45, 2.75) is 52.2 Å². The minimum Gasteiger partial charge on any atom is -0.459 e. The molecule has 1 N–H and O–H groups in total. The van der Waals surface area contributed by atoms with Crippen LogP contribution in [0.5, 0.6) is 0 Å². The van der Waals surface area contributed by atoms with Gasteiger partial charge in [0.2, 0.25) is 0 Å². The molecule has 1 aromatic rings. The van der Waals surface area contributed by atoms with Gasteiger partial charge in [0.15, 0.2) is 0 Å². The lowest BCUT2D eigenvalue weighted by atomic mass is 10.1. The Morgan fingerprint density at radius 2 is 1.89 bits per heavy atom. The zero-order valence-corrected chi connectivity index (χ0v) is 12.4. The zero-order chi connectivity index (χ0) is 14.3. The number of rotatable bonds is 6. The molecule has 0 spiro atoms. The fourth-order valence-corrected chi connectivity index (χ4v) is 1.78. The fraction of sp³-hybridized carbons (Fsp3) is 0.562. The quantitative estimate of drug-likeness (QED) is 0.802. The van der Waals surface area contributed by atoms with E-state index in [1.807, 2.05) is 51.1 Å². The molecule has 3 heteroatoms. The first kappa shape index (κ1) is 15.7. The standard InChI is InChI=1S/C16H25NO2/c1-5-11-17-14(15(18)19-16(2,3)4)12-13-9-7-6-8-10-13/h6-10,14,17H,5,11-12H2,1-4H3/t14-/m0/s1. The van der Waals surface area contributed by atoms with Gasteiger partial charge in [-0.2, -0.15) is 0 Å². The number of carbonyl (C=O) groups is 1. The Balaban J connectivity index is 2.68. The van der Waals surface area contributed by atoms with Crippen LogP contribution < -0.4 is 5.32 Å². The number of esters is 1. The molecule has 0 aromatic heterocycles. The summed E-state index contributed by atoms with van der Waals surface area (Å²) in [4.78, 5) is 12.2. The van der Waals surface area contributed by atoms with Gasteiger partial charge in [-0.25, -0.2) is 0 Å². The molecule has 0 amide bonds. The van der Waals surface area contributed by atoms with E-state index in [0.717, 1.165) is 18.5 Å². The van der Waals surface area contributed by atoms with Crippen molar-refractivity contribution >= 4 is 5.97 Å². The van der Waals surface area contributed by atoms with Crippen molar-refractivity contribution in [3.63, 3.8) is 0 Å².